The van der Waals surface area contributed by atoms with Crippen LogP contribution in [-0.2, 0) is 0 Å². The minimum absolute atomic E-state index is 0.0295. The van der Waals surface area contributed by atoms with E-state index in [9.17, 15) is 5.11 Å². The summed E-state index contributed by atoms with van der Waals surface area (Å²) < 4.78 is 0.0295. The van der Waals surface area contributed by atoms with E-state index in [-0.39, 0.29) is 4.75 Å². The van der Waals surface area contributed by atoms with Gasteiger partial charge in [0.05, 0.1) is 4.75 Å². The minimum atomic E-state index is -0.559. The highest BCUT2D eigenvalue weighted by molar-refractivity contribution is 8.09. The topological polar surface area (TPSA) is 20.2 Å². The molecule has 1 nitrogen and oxygen atoms in total. The van der Waals surface area contributed by atoms with Gasteiger partial charge in [-0.2, -0.15) is 0 Å². The van der Waals surface area contributed by atoms with Gasteiger partial charge >= 0.3 is 0 Å². The Hall–Kier alpha value is -0.210. The molecule has 0 saturated carbocycles. The number of rotatable bonds is 1. The quantitative estimate of drug-likeness (QED) is 0.580. The number of thioether (sulfide) groups is 1. The molecule has 1 aliphatic heterocycles. The van der Waals surface area contributed by atoms with Gasteiger partial charge in [0.1, 0.15) is 4.93 Å². The molecule has 0 aromatic heterocycles. The van der Waals surface area contributed by atoms with Crippen LogP contribution in [0.4, 0.5) is 0 Å². The molecule has 1 aliphatic carbocycles. The fraction of sp³-hybridized carbons (Fsp3) is 0.500. The smallest absolute Gasteiger partial charge is 0.148 e. The van der Waals surface area contributed by atoms with E-state index in [1.54, 1.807) is 11.8 Å². The Morgan fingerprint density at radius 3 is 2.60 bits per heavy atom. The summed E-state index contributed by atoms with van der Waals surface area (Å²) in [5, 5.41) is 9.72. The Morgan fingerprint density at radius 1 is 1.40 bits per heavy atom. The van der Waals surface area contributed by atoms with Crippen LogP contribution in [0, 0.1) is 0 Å². The highest BCUT2D eigenvalue weighted by atomic mass is 32.2. The highest BCUT2D eigenvalue weighted by Gasteiger charge is 2.64. The predicted molar refractivity (Wildman–Crippen MR) is 43.8 cm³/mol. The van der Waals surface area contributed by atoms with Gasteiger partial charge in [-0.3, -0.25) is 0 Å². The number of allylic oxidation sites excluding steroid dienone is 2. The van der Waals surface area contributed by atoms with Crippen LogP contribution < -0.4 is 0 Å². The van der Waals surface area contributed by atoms with Gasteiger partial charge in [-0.1, -0.05) is 25.2 Å². The van der Waals surface area contributed by atoms with Crippen LogP contribution in [0.2, 0.25) is 0 Å². The largest absolute Gasteiger partial charge is 0.374 e. The molecule has 0 aromatic rings. The van der Waals surface area contributed by atoms with Crippen LogP contribution in [-0.4, -0.2) is 14.8 Å². The first kappa shape index (κ1) is 6.50. The lowest BCUT2D eigenvalue weighted by Crippen LogP contribution is -2.22. The third kappa shape index (κ3) is 0.584. The van der Waals surface area contributed by atoms with E-state index >= 15 is 0 Å². The average Bonchev–Trinajstić information content (AvgIpc) is 2.56. The van der Waals surface area contributed by atoms with Crippen molar-refractivity contribution in [1.82, 2.24) is 0 Å². The summed E-state index contributed by atoms with van der Waals surface area (Å²) in [5.41, 5.74) is 0. The van der Waals surface area contributed by atoms with Crippen LogP contribution in [0.5, 0.6) is 0 Å². The zero-order valence-corrected chi connectivity index (χ0v) is 6.69. The Bertz CT molecular complexity index is 221. The Kier molecular flexibility index (Phi) is 1.10. The molecule has 0 bridgehead atoms. The maximum absolute atomic E-state index is 9.72. The third-order valence-electron chi connectivity index (χ3n) is 2.23. The molecule has 1 saturated heterocycles. The normalized spacial score (nSPS) is 49.0. The predicted octanol–water partition coefficient (Wildman–Crippen LogP) is 1.70. The Balaban J connectivity index is 2.32. The summed E-state index contributed by atoms with van der Waals surface area (Å²) in [4.78, 5) is -0.559. The summed E-state index contributed by atoms with van der Waals surface area (Å²) in [6, 6.07) is 0. The van der Waals surface area contributed by atoms with Gasteiger partial charge in [0.15, 0.2) is 0 Å². The molecule has 1 N–H and O–H groups in total. The number of hydrogen-bond acceptors (Lipinski definition) is 2. The first-order valence-electron chi connectivity index (χ1n) is 3.52. The van der Waals surface area contributed by atoms with E-state index < -0.39 is 4.93 Å². The first-order chi connectivity index (χ1) is 4.72. The molecule has 0 amide bonds. The number of hydrogen-bond donors (Lipinski definition) is 1. The molecule has 2 rings (SSSR count). The maximum Gasteiger partial charge on any atom is 0.148 e. The summed E-state index contributed by atoms with van der Waals surface area (Å²) >= 11 is 1.63. The molecule has 1 heterocycles. The van der Waals surface area contributed by atoms with Gasteiger partial charge in [0.25, 0.3) is 0 Å². The zero-order valence-electron chi connectivity index (χ0n) is 5.87. The van der Waals surface area contributed by atoms with Crippen molar-refractivity contribution in [1.29, 1.82) is 0 Å². The van der Waals surface area contributed by atoms with Crippen molar-refractivity contribution in [3.63, 3.8) is 0 Å². The van der Waals surface area contributed by atoms with Gasteiger partial charge in [-0.25, -0.2) is 0 Å². The summed E-state index contributed by atoms with van der Waals surface area (Å²) in [7, 11) is 0. The second-order valence-electron chi connectivity index (χ2n) is 2.76. The minimum Gasteiger partial charge on any atom is -0.374 e. The molecule has 10 heavy (non-hydrogen) atoms. The van der Waals surface area contributed by atoms with Crippen LogP contribution in [0.3, 0.4) is 0 Å². The second-order valence-corrected chi connectivity index (χ2v) is 4.31. The fourth-order valence-electron chi connectivity index (χ4n) is 1.42. The summed E-state index contributed by atoms with van der Waals surface area (Å²) in [5.74, 6) is 0. The molecular formula is C8H10OS. The molecular weight excluding hydrogens is 144 g/mol. The Labute approximate surface area is 64.8 Å². The summed E-state index contributed by atoms with van der Waals surface area (Å²) in [6.45, 7) is 2.11. The van der Waals surface area contributed by atoms with Gasteiger partial charge < -0.3 is 5.11 Å². The van der Waals surface area contributed by atoms with E-state index in [0.717, 1.165) is 6.42 Å². The van der Waals surface area contributed by atoms with Gasteiger partial charge in [0, 0.05) is 0 Å². The third-order valence-corrected chi connectivity index (χ3v) is 3.93. The van der Waals surface area contributed by atoms with Gasteiger partial charge in [-0.05, 0) is 12.5 Å². The molecule has 0 spiro atoms. The van der Waals surface area contributed by atoms with E-state index in [1.807, 2.05) is 18.2 Å². The van der Waals surface area contributed by atoms with E-state index in [2.05, 4.69) is 13.0 Å². The van der Waals surface area contributed by atoms with Crippen molar-refractivity contribution in [2.24, 2.45) is 0 Å². The first-order valence-corrected chi connectivity index (χ1v) is 4.34. The fourth-order valence-corrected chi connectivity index (χ4v) is 2.64. The SMILES string of the molecule is CCC12C=CC=CC1(O)S2. The molecule has 0 radical (unpaired) electrons. The Morgan fingerprint density at radius 2 is 2.10 bits per heavy atom. The molecule has 0 aromatic carbocycles. The van der Waals surface area contributed by atoms with Crippen LogP contribution in [0.15, 0.2) is 24.3 Å². The lowest BCUT2D eigenvalue weighted by molar-refractivity contribution is 0.197. The van der Waals surface area contributed by atoms with Crippen molar-refractivity contribution in [2.45, 2.75) is 23.0 Å². The van der Waals surface area contributed by atoms with Crippen LogP contribution >= 0.6 is 11.8 Å². The molecule has 54 valence electrons. The van der Waals surface area contributed by atoms with Crippen molar-refractivity contribution < 1.29 is 5.11 Å². The van der Waals surface area contributed by atoms with Crippen LogP contribution in [0.1, 0.15) is 13.3 Å². The molecule has 1 fully saturated rings. The van der Waals surface area contributed by atoms with Crippen molar-refractivity contribution in [2.75, 3.05) is 0 Å². The highest BCUT2D eigenvalue weighted by Crippen LogP contribution is 2.66. The standard InChI is InChI=1S/C8H10OS/c1-2-7-5-3-4-6-8(7,9)10-7/h3-6,9H,2H2,1H3. The van der Waals surface area contributed by atoms with Gasteiger partial charge in [0.2, 0.25) is 0 Å². The molecule has 2 atom stereocenters. The van der Waals surface area contributed by atoms with Crippen LogP contribution in [0.25, 0.3) is 0 Å². The number of fused-ring (bicyclic) bond motifs is 1. The van der Waals surface area contributed by atoms with E-state index in [1.165, 1.54) is 0 Å². The lowest BCUT2D eigenvalue weighted by Gasteiger charge is -2.12. The van der Waals surface area contributed by atoms with E-state index in [0.29, 0.717) is 0 Å². The maximum atomic E-state index is 9.72. The van der Waals surface area contributed by atoms with E-state index in [4.69, 9.17) is 0 Å². The number of aliphatic hydroxyl groups is 1. The van der Waals surface area contributed by atoms with Crippen molar-refractivity contribution >= 4 is 11.8 Å². The van der Waals surface area contributed by atoms with Crippen molar-refractivity contribution in [3.05, 3.63) is 24.3 Å². The average molecular weight is 154 g/mol. The second kappa shape index (κ2) is 1.69. The van der Waals surface area contributed by atoms with Crippen molar-refractivity contribution in [3.8, 4) is 0 Å². The van der Waals surface area contributed by atoms with Gasteiger partial charge in [-0.15, -0.1) is 11.8 Å². The molecule has 2 heteroatoms. The molecule has 2 aliphatic rings. The monoisotopic (exact) mass is 154 g/mol. The summed E-state index contributed by atoms with van der Waals surface area (Å²) in [6.07, 6.45) is 8.90. The lowest BCUT2D eigenvalue weighted by atomic mass is 9.95. The zero-order chi connectivity index (χ0) is 7.24. The molecule has 2 unspecified atom stereocenters.